The normalized spacial score (nSPS) is 15.8. The number of pyridine rings is 1. The Kier molecular flexibility index (Phi) is 5.55. The Labute approximate surface area is 150 Å². The van der Waals surface area contributed by atoms with Gasteiger partial charge in [-0.2, -0.15) is 0 Å². The molecule has 3 heterocycles. The van der Waals surface area contributed by atoms with Crippen LogP contribution in [0.1, 0.15) is 25.3 Å². The number of carbonyl (C=O) groups excluding carboxylic acids is 1. The number of nitrogens with zero attached hydrogens (tertiary/aromatic N) is 2. The van der Waals surface area contributed by atoms with Crippen LogP contribution in [0.15, 0.2) is 29.5 Å². The Morgan fingerprint density at radius 3 is 3.24 bits per heavy atom. The molecule has 1 aliphatic rings. The summed E-state index contributed by atoms with van der Waals surface area (Å²) in [7, 11) is 0. The number of hydrogen-bond acceptors (Lipinski definition) is 4. The second-order valence-corrected chi connectivity index (χ2v) is 5.95. The fraction of sp³-hybridized carbons (Fsp3) is 0.353. The minimum Gasteiger partial charge on any atom is -0.450 e. The molecular weight excluding hydrogens is 342 g/mol. The van der Waals surface area contributed by atoms with E-state index in [9.17, 15) is 4.79 Å². The van der Waals surface area contributed by atoms with Gasteiger partial charge < -0.3 is 20.4 Å². The van der Waals surface area contributed by atoms with Gasteiger partial charge in [0.25, 0.3) is 0 Å². The van der Waals surface area contributed by atoms with E-state index in [1.165, 1.54) is 0 Å². The highest BCUT2D eigenvalue weighted by Gasteiger charge is 2.15. The van der Waals surface area contributed by atoms with E-state index >= 15 is 0 Å². The van der Waals surface area contributed by atoms with Crippen LogP contribution in [0.4, 0.5) is 4.79 Å². The number of alkyl carbamates (subject to hydrolysis) is 1. The van der Waals surface area contributed by atoms with Crippen molar-refractivity contribution in [2.75, 3.05) is 19.7 Å². The molecule has 0 aliphatic carbocycles. The molecular formula is C17H20ClN5O2. The van der Waals surface area contributed by atoms with Crippen LogP contribution in [0, 0.1) is 0 Å². The van der Waals surface area contributed by atoms with Gasteiger partial charge in [-0.1, -0.05) is 17.7 Å². The molecule has 1 amide bonds. The van der Waals surface area contributed by atoms with E-state index in [0.717, 1.165) is 41.0 Å². The first-order chi connectivity index (χ1) is 12.2. The quantitative estimate of drug-likeness (QED) is 0.714. The van der Waals surface area contributed by atoms with Crippen LogP contribution in [0.5, 0.6) is 0 Å². The summed E-state index contributed by atoms with van der Waals surface area (Å²) in [4.78, 5) is 23.2. The molecule has 0 radical (unpaired) electrons. The third kappa shape index (κ3) is 4.30. The highest BCUT2D eigenvalue weighted by Crippen LogP contribution is 2.26. The fourth-order valence-corrected chi connectivity index (χ4v) is 2.81. The van der Waals surface area contributed by atoms with E-state index in [1.54, 1.807) is 13.1 Å². The van der Waals surface area contributed by atoms with Gasteiger partial charge in [0.1, 0.15) is 11.5 Å². The van der Waals surface area contributed by atoms with Crippen molar-refractivity contribution in [1.29, 1.82) is 0 Å². The summed E-state index contributed by atoms with van der Waals surface area (Å²) < 4.78 is 4.81. The predicted octanol–water partition coefficient (Wildman–Crippen LogP) is 3.09. The molecule has 0 fully saturated rings. The number of allylic oxidation sites excluding steroid dienone is 1. The molecule has 2 aromatic heterocycles. The van der Waals surface area contributed by atoms with Crippen LogP contribution in [-0.2, 0) is 4.74 Å². The van der Waals surface area contributed by atoms with Gasteiger partial charge in [0, 0.05) is 42.0 Å². The zero-order valence-corrected chi connectivity index (χ0v) is 14.7. The maximum absolute atomic E-state index is 11.2. The van der Waals surface area contributed by atoms with Gasteiger partial charge in [-0.3, -0.25) is 4.99 Å². The standard InChI is InChI=1S/C17H20ClN5O2/c1-2-25-17(24)20-7-6-19-15-5-3-4-14(23-15)13-10-22-16-12(13)8-11(18)9-21-16/h4,8-10H,2-3,5-7H2,1H3,(H,19,23)(H,20,24)(H,21,22). The molecule has 3 rings (SSSR count). The highest BCUT2D eigenvalue weighted by molar-refractivity contribution is 6.31. The van der Waals surface area contributed by atoms with Crippen molar-refractivity contribution in [2.24, 2.45) is 4.99 Å². The zero-order chi connectivity index (χ0) is 17.6. The Morgan fingerprint density at radius 2 is 2.40 bits per heavy atom. The lowest BCUT2D eigenvalue weighted by Gasteiger charge is -2.18. The predicted molar refractivity (Wildman–Crippen MR) is 98.8 cm³/mol. The van der Waals surface area contributed by atoms with Gasteiger partial charge in [-0.05, 0) is 19.4 Å². The summed E-state index contributed by atoms with van der Waals surface area (Å²) in [5.41, 5.74) is 2.80. The van der Waals surface area contributed by atoms with Crippen molar-refractivity contribution in [3.63, 3.8) is 0 Å². The van der Waals surface area contributed by atoms with Gasteiger partial charge in [0.05, 0.1) is 18.2 Å². The summed E-state index contributed by atoms with van der Waals surface area (Å²) >= 11 is 6.06. The van der Waals surface area contributed by atoms with Crippen LogP contribution < -0.4 is 10.6 Å². The number of H-pyrrole nitrogens is 1. The van der Waals surface area contributed by atoms with E-state index in [-0.39, 0.29) is 0 Å². The molecule has 0 bridgehead atoms. The number of ether oxygens (including phenoxy) is 1. The Hall–Kier alpha value is -2.54. The van der Waals surface area contributed by atoms with Gasteiger partial charge >= 0.3 is 6.09 Å². The average Bonchev–Trinajstić information content (AvgIpc) is 3.02. The fourth-order valence-electron chi connectivity index (χ4n) is 2.65. The van der Waals surface area contributed by atoms with Crippen LogP contribution >= 0.6 is 11.6 Å². The van der Waals surface area contributed by atoms with E-state index in [4.69, 9.17) is 16.3 Å². The smallest absolute Gasteiger partial charge is 0.407 e. The first kappa shape index (κ1) is 17.3. The number of halogens is 1. The lowest BCUT2D eigenvalue weighted by molar-refractivity contribution is 0.152. The topological polar surface area (TPSA) is 91.4 Å². The van der Waals surface area contributed by atoms with Crippen molar-refractivity contribution in [1.82, 2.24) is 20.6 Å². The van der Waals surface area contributed by atoms with Gasteiger partial charge in [0.15, 0.2) is 0 Å². The molecule has 132 valence electrons. The molecule has 0 saturated heterocycles. The molecule has 0 spiro atoms. The lowest BCUT2D eigenvalue weighted by Crippen LogP contribution is -2.29. The number of aromatic amines is 1. The monoisotopic (exact) mass is 361 g/mol. The van der Waals surface area contributed by atoms with E-state index in [0.29, 0.717) is 24.7 Å². The number of nitrogens with one attached hydrogen (secondary N) is 3. The van der Waals surface area contributed by atoms with E-state index < -0.39 is 6.09 Å². The second-order valence-electron chi connectivity index (χ2n) is 5.51. The van der Waals surface area contributed by atoms with Crippen molar-refractivity contribution in [3.05, 3.63) is 35.1 Å². The molecule has 2 aromatic rings. The zero-order valence-electron chi connectivity index (χ0n) is 13.9. The van der Waals surface area contributed by atoms with Crippen molar-refractivity contribution < 1.29 is 9.53 Å². The molecule has 0 saturated carbocycles. The summed E-state index contributed by atoms with van der Waals surface area (Å²) in [6.07, 6.45) is 6.99. The molecule has 7 nitrogen and oxygen atoms in total. The minimum atomic E-state index is -0.414. The molecule has 25 heavy (non-hydrogen) atoms. The average molecular weight is 362 g/mol. The van der Waals surface area contributed by atoms with Crippen molar-refractivity contribution in [3.8, 4) is 0 Å². The van der Waals surface area contributed by atoms with Crippen molar-refractivity contribution >= 4 is 40.3 Å². The summed E-state index contributed by atoms with van der Waals surface area (Å²) in [6, 6.07) is 1.90. The Bertz CT molecular complexity index is 828. The first-order valence-corrected chi connectivity index (χ1v) is 8.59. The number of hydrogen-bond donors (Lipinski definition) is 3. The van der Waals surface area contributed by atoms with Crippen LogP contribution in [0.2, 0.25) is 5.02 Å². The largest absolute Gasteiger partial charge is 0.450 e. The van der Waals surface area contributed by atoms with Crippen molar-refractivity contribution in [2.45, 2.75) is 19.8 Å². The number of fused-ring (bicyclic) bond motifs is 1. The maximum Gasteiger partial charge on any atom is 0.407 e. The maximum atomic E-state index is 11.2. The number of carbonyl (C=O) groups is 1. The molecule has 3 N–H and O–H groups in total. The summed E-state index contributed by atoms with van der Waals surface area (Å²) in [6.45, 7) is 3.07. The van der Waals surface area contributed by atoms with Crippen LogP contribution in [0.25, 0.3) is 16.7 Å². The molecule has 0 aromatic carbocycles. The Balaban J connectivity index is 1.64. The molecule has 0 atom stereocenters. The number of aliphatic imine (C=N–C) groups is 1. The second kappa shape index (κ2) is 8.02. The third-order valence-corrected chi connectivity index (χ3v) is 3.96. The molecule has 1 aliphatic heterocycles. The van der Waals surface area contributed by atoms with Gasteiger partial charge in [-0.15, -0.1) is 0 Å². The van der Waals surface area contributed by atoms with Crippen LogP contribution in [-0.4, -0.2) is 41.6 Å². The number of rotatable bonds is 5. The Morgan fingerprint density at radius 1 is 1.52 bits per heavy atom. The first-order valence-electron chi connectivity index (χ1n) is 8.21. The molecule has 8 heteroatoms. The molecule has 0 unspecified atom stereocenters. The van der Waals surface area contributed by atoms with E-state index in [2.05, 4.69) is 31.7 Å². The lowest BCUT2D eigenvalue weighted by atomic mass is 10.1. The van der Waals surface area contributed by atoms with Gasteiger partial charge in [0.2, 0.25) is 0 Å². The highest BCUT2D eigenvalue weighted by atomic mass is 35.5. The number of amidine groups is 1. The number of aromatic nitrogens is 2. The van der Waals surface area contributed by atoms with Gasteiger partial charge in [-0.25, -0.2) is 9.78 Å². The van der Waals surface area contributed by atoms with Crippen LogP contribution in [0.3, 0.4) is 0 Å². The summed E-state index contributed by atoms with van der Waals surface area (Å²) in [5, 5.41) is 7.58. The summed E-state index contributed by atoms with van der Waals surface area (Å²) in [5.74, 6) is 0.896. The third-order valence-electron chi connectivity index (χ3n) is 3.76. The number of amides is 1. The van der Waals surface area contributed by atoms with E-state index in [1.807, 2.05) is 12.3 Å². The SMILES string of the molecule is CCOC(=O)NCCN=C1CCC=C(c2c[nH]c3ncc(Cl)cc23)N1. The minimum absolute atomic E-state index is 0.361.